The molecule has 0 radical (unpaired) electrons. The first-order valence-electron chi connectivity index (χ1n) is 6.05. The van der Waals surface area contributed by atoms with Crippen molar-refractivity contribution in [3.05, 3.63) is 17.7 Å². The van der Waals surface area contributed by atoms with E-state index in [9.17, 15) is 8.78 Å². The number of hydrogen-bond acceptors (Lipinski definition) is 3. The maximum Gasteiger partial charge on any atom is 0.168 e. The first-order valence-corrected chi connectivity index (χ1v) is 6.05. The van der Waals surface area contributed by atoms with E-state index >= 15 is 0 Å². The first-order chi connectivity index (χ1) is 8.27. The number of anilines is 2. The highest BCUT2D eigenvalue weighted by Crippen LogP contribution is 2.27. The number of hydrogen-bond donors (Lipinski definition) is 2. The van der Waals surface area contributed by atoms with E-state index in [0.29, 0.717) is 12.5 Å². The lowest BCUT2D eigenvalue weighted by atomic mass is 9.81. The summed E-state index contributed by atoms with van der Waals surface area (Å²) in [6.07, 6.45) is 0. The van der Waals surface area contributed by atoms with Crippen LogP contribution in [0, 0.1) is 23.0 Å². The van der Waals surface area contributed by atoms with Crippen LogP contribution in [-0.4, -0.2) is 18.6 Å². The number of halogens is 2. The molecule has 1 aromatic heterocycles. The molecule has 102 valence electrons. The van der Waals surface area contributed by atoms with E-state index in [1.807, 2.05) is 0 Å². The van der Waals surface area contributed by atoms with Crippen molar-refractivity contribution in [2.24, 2.45) is 11.3 Å². The van der Waals surface area contributed by atoms with Crippen LogP contribution in [0.2, 0.25) is 0 Å². The Morgan fingerprint density at radius 1 is 1.22 bits per heavy atom. The van der Waals surface area contributed by atoms with Crippen molar-refractivity contribution in [3.63, 3.8) is 0 Å². The highest BCUT2D eigenvalue weighted by atomic mass is 19.1. The predicted molar refractivity (Wildman–Crippen MR) is 70.8 cm³/mol. The van der Waals surface area contributed by atoms with Gasteiger partial charge >= 0.3 is 0 Å². The fraction of sp³-hybridized carbons (Fsp3) is 0.615. The molecule has 0 aliphatic carbocycles. The third kappa shape index (κ3) is 3.31. The molecule has 0 atom stereocenters. The topological polar surface area (TPSA) is 37.0 Å². The van der Waals surface area contributed by atoms with Gasteiger partial charge < -0.3 is 10.6 Å². The Bertz CT molecular complexity index is 417. The van der Waals surface area contributed by atoms with E-state index in [2.05, 4.69) is 43.3 Å². The van der Waals surface area contributed by atoms with E-state index in [4.69, 9.17) is 0 Å². The lowest BCUT2D eigenvalue weighted by Gasteiger charge is -2.29. The van der Waals surface area contributed by atoms with Gasteiger partial charge in [0, 0.05) is 19.7 Å². The van der Waals surface area contributed by atoms with E-state index < -0.39 is 11.6 Å². The zero-order valence-corrected chi connectivity index (χ0v) is 11.6. The molecule has 1 heterocycles. The molecule has 0 aromatic carbocycles. The molecule has 0 bridgehead atoms. The van der Waals surface area contributed by atoms with Crippen molar-refractivity contribution in [1.82, 2.24) is 4.98 Å². The number of nitrogens with one attached hydrogen (secondary N) is 2. The Hall–Kier alpha value is -1.39. The van der Waals surface area contributed by atoms with Crippen LogP contribution in [0.3, 0.4) is 0 Å². The molecule has 0 aliphatic heterocycles. The van der Waals surface area contributed by atoms with Gasteiger partial charge in [0.05, 0.1) is 0 Å². The van der Waals surface area contributed by atoms with Gasteiger partial charge in [0.25, 0.3) is 0 Å². The quantitative estimate of drug-likeness (QED) is 0.847. The molecular weight excluding hydrogens is 236 g/mol. The van der Waals surface area contributed by atoms with E-state index in [-0.39, 0.29) is 17.1 Å². The van der Waals surface area contributed by atoms with Gasteiger partial charge in [-0.05, 0) is 11.3 Å². The Labute approximate surface area is 107 Å². The molecule has 0 spiro atoms. The molecule has 0 aliphatic rings. The molecule has 0 fully saturated rings. The third-order valence-electron chi connectivity index (χ3n) is 3.44. The molecule has 3 nitrogen and oxygen atoms in total. The second-order valence-electron chi connectivity index (χ2n) is 5.40. The minimum Gasteiger partial charge on any atom is -0.371 e. The zero-order valence-electron chi connectivity index (χ0n) is 11.6. The summed E-state index contributed by atoms with van der Waals surface area (Å²) in [5.41, 5.74) is 0.00229. The molecular formula is C13H21F2N3. The molecule has 0 amide bonds. The maximum absolute atomic E-state index is 13.6. The summed E-state index contributed by atoms with van der Waals surface area (Å²) in [6, 6.07) is 0.837. The van der Waals surface area contributed by atoms with Crippen LogP contribution < -0.4 is 10.6 Å². The van der Waals surface area contributed by atoms with Gasteiger partial charge in [-0.2, -0.15) is 0 Å². The Balaban J connectivity index is 2.85. The standard InChI is InChI=1S/C13H21F2N3/c1-8(2)13(3,4)7-17-12-10(15)6-9(14)11(16-5)18-12/h6,8H,7H2,1-5H3,(H2,16,17,18). The highest BCUT2D eigenvalue weighted by molar-refractivity contribution is 5.47. The van der Waals surface area contributed by atoms with Gasteiger partial charge in [-0.1, -0.05) is 27.7 Å². The van der Waals surface area contributed by atoms with Gasteiger partial charge in [-0.3, -0.25) is 0 Å². The SMILES string of the molecule is CNc1nc(NCC(C)(C)C(C)C)c(F)cc1F. The first kappa shape index (κ1) is 14.7. The maximum atomic E-state index is 13.6. The van der Waals surface area contributed by atoms with Crippen LogP contribution in [0.5, 0.6) is 0 Å². The lowest BCUT2D eigenvalue weighted by Crippen LogP contribution is -2.29. The van der Waals surface area contributed by atoms with Crippen molar-refractivity contribution in [2.45, 2.75) is 27.7 Å². The summed E-state index contributed by atoms with van der Waals surface area (Å²) >= 11 is 0. The second-order valence-corrected chi connectivity index (χ2v) is 5.40. The van der Waals surface area contributed by atoms with Crippen LogP contribution >= 0.6 is 0 Å². The van der Waals surface area contributed by atoms with Crippen molar-refractivity contribution in [1.29, 1.82) is 0 Å². The molecule has 0 saturated carbocycles. The van der Waals surface area contributed by atoms with Gasteiger partial charge in [0.1, 0.15) is 0 Å². The monoisotopic (exact) mass is 257 g/mol. The van der Waals surface area contributed by atoms with E-state index in [1.54, 1.807) is 7.05 Å². The van der Waals surface area contributed by atoms with E-state index in [0.717, 1.165) is 6.07 Å². The van der Waals surface area contributed by atoms with Crippen molar-refractivity contribution in [3.8, 4) is 0 Å². The molecule has 0 saturated heterocycles. The minimum absolute atomic E-state index is 0.00229. The fourth-order valence-corrected chi connectivity index (χ4v) is 1.28. The Kier molecular flexibility index (Phi) is 4.48. The van der Waals surface area contributed by atoms with Gasteiger partial charge in [0.2, 0.25) is 0 Å². The summed E-state index contributed by atoms with van der Waals surface area (Å²) in [7, 11) is 1.55. The van der Waals surface area contributed by atoms with Crippen LogP contribution in [0.1, 0.15) is 27.7 Å². The normalized spacial score (nSPS) is 11.8. The molecule has 2 N–H and O–H groups in total. The summed E-state index contributed by atoms with van der Waals surface area (Å²) < 4.78 is 26.8. The Morgan fingerprint density at radius 2 is 1.78 bits per heavy atom. The third-order valence-corrected chi connectivity index (χ3v) is 3.44. The minimum atomic E-state index is -0.691. The molecule has 1 rings (SSSR count). The molecule has 18 heavy (non-hydrogen) atoms. The van der Waals surface area contributed by atoms with Crippen LogP contribution in [-0.2, 0) is 0 Å². The number of nitrogens with zero attached hydrogens (tertiary/aromatic N) is 1. The Morgan fingerprint density at radius 3 is 2.28 bits per heavy atom. The molecule has 0 unspecified atom stereocenters. The van der Waals surface area contributed by atoms with Gasteiger partial charge in [-0.25, -0.2) is 13.8 Å². The number of aromatic nitrogens is 1. The zero-order chi connectivity index (χ0) is 13.9. The average molecular weight is 257 g/mol. The number of rotatable bonds is 5. The highest BCUT2D eigenvalue weighted by Gasteiger charge is 2.23. The summed E-state index contributed by atoms with van der Waals surface area (Å²) in [5.74, 6) is -0.803. The largest absolute Gasteiger partial charge is 0.371 e. The van der Waals surface area contributed by atoms with Crippen LogP contribution in [0.25, 0.3) is 0 Å². The fourth-order valence-electron chi connectivity index (χ4n) is 1.28. The van der Waals surface area contributed by atoms with Crippen molar-refractivity contribution < 1.29 is 8.78 Å². The predicted octanol–water partition coefficient (Wildman–Crippen LogP) is 3.50. The average Bonchev–Trinajstić information content (AvgIpc) is 2.27. The second kappa shape index (κ2) is 5.50. The van der Waals surface area contributed by atoms with E-state index in [1.165, 1.54) is 0 Å². The van der Waals surface area contributed by atoms with Crippen molar-refractivity contribution >= 4 is 11.6 Å². The number of pyridine rings is 1. The van der Waals surface area contributed by atoms with Crippen molar-refractivity contribution in [2.75, 3.05) is 24.2 Å². The smallest absolute Gasteiger partial charge is 0.168 e. The van der Waals surface area contributed by atoms with Crippen LogP contribution in [0.15, 0.2) is 6.07 Å². The summed E-state index contributed by atoms with van der Waals surface area (Å²) in [5, 5.41) is 5.53. The van der Waals surface area contributed by atoms with Crippen LogP contribution in [0.4, 0.5) is 20.4 Å². The van der Waals surface area contributed by atoms with Gasteiger partial charge in [-0.15, -0.1) is 0 Å². The van der Waals surface area contributed by atoms with Gasteiger partial charge in [0.15, 0.2) is 23.3 Å². The lowest BCUT2D eigenvalue weighted by molar-refractivity contribution is 0.269. The molecule has 1 aromatic rings. The summed E-state index contributed by atoms with van der Waals surface area (Å²) in [4.78, 5) is 3.88. The molecule has 5 heteroatoms. The summed E-state index contributed by atoms with van der Waals surface area (Å²) in [6.45, 7) is 8.96.